The molecule has 2 aliphatic rings. The number of alkyl halides is 1. The molecular formula is C6H7BrO. The van der Waals surface area contributed by atoms with E-state index in [9.17, 15) is 0 Å². The molecule has 1 saturated heterocycles. The summed E-state index contributed by atoms with van der Waals surface area (Å²) in [5.74, 6) is 0. The van der Waals surface area contributed by atoms with Gasteiger partial charge in [0, 0.05) is 0 Å². The zero-order valence-corrected chi connectivity index (χ0v) is 6.02. The molecule has 0 aromatic rings. The van der Waals surface area contributed by atoms with Crippen molar-refractivity contribution in [1.29, 1.82) is 0 Å². The molecule has 0 amide bonds. The number of ether oxygens (including phenoxy) is 1. The molecule has 1 nitrogen and oxygen atoms in total. The molecule has 0 unspecified atom stereocenters. The van der Waals surface area contributed by atoms with Crippen LogP contribution in [0.2, 0.25) is 0 Å². The summed E-state index contributed by atoms with van der Waals surface area (Å²) in [6.07, 6.45) is 6.95. The fraction of sp³-hybridized carbons (Fsp3) is 0.667. The molecule has 8 heavy (non-hydrogen) atoms. The van der Waals surface area contributed by atoms with Gasteiger partial charge in [-0.25, -0.2) is 0 Å². The van der Waals surface area contributed by atoms with Gasteiger partial charge in [0.1, 0.15) is 4.51 Å². The minimum Gasteiger partial charge on any atom is -0.353 e. The molecule has 0 spiro atoms. The van der Waals surface area contributed by atoms with E-state index in [1.54, 1.807) is 0 Å². The Morgan fingerprint density at radius 1 is 1.75 bits per heavy atom. The van der Waals surface area contributed by atoms with Crippen LogP contribution < -0.4 is 0 Å². The smallest absolute Gasteiger partial charge is 0.142 e. The highest BCUT2D eigenvalue weighted by Crippen LogP contribution is 2.42. The normalized spacial score (nSPS) is 50.9. The average Bonchev–Trinajstić information content (AvgIpc) is 2.21. The van der Waals surface area contributed by atoms with Crippen molar-refractivity contribution in [3.05, 3.63) is 12.2 Å². The first kappa shape index (κ1) is 5.00. The van der Waals surface area contributed by atoms with E-state index in [4.69, 9.17) is 4.74 Å². The molecule has 2 heterocycles. The van der Waals surface area contributed by atoms with Crippen LogP contribution in [0.1, 0.15) is 12.8 Å². The quantitative estimate of drug-likeness (QED) is 0.403. The largest absolute Gasteiger partial charge is 0.353 e. The summed E-state index contributed by atoms with van der Waals surface area (Å²) >= 11 is 3.48. The van der Waals surface area contributed by atoms with Crippen molar-refractivity contribution in [2.24, 2.45) is 0 Å². The Bertz CT molecular complexity index is 143. The third-order valence-electron chi connectivity index (χ3n) is 1.68. The Labute approximate surface area is 56.8 Å². The first-order valence-electron chi connectivity index (χ1n) is 2.85. The highest BCUT2D eigenvalue weighted by molar-refractivity contribution is 9.10. The Hall–Kier alpha value is 0.180. The monoisotopic (exact) mass is 174 g/mol. The van der Waals surface area contributed by atoms with Gasteiger partial charge in [0.25, 0.3) is 0 Å². The van der Waals surface area contributed by atoms with E-state index in [0.717, 1.165) is 6.42 Å². The molecule has 2 atom stereocenters. The van der Waals surface area contributed by atoms with Crippen LogP contribution in [0, 0.1) is 0 Å². The number of halogens is 1. The highest BCUT2D eigenvalue weighted by atomic mass is 79.9. The summed E-state index contributed by atoms with van der Waals surface area (Å²) in [5, 5.41) is 0. The maximum Gasteiger partial charge on any atom is 0.142 e. The number of rotatable bonds is 0. The lowest BCUT2D eigenvalue weighted by Crippen LogP contribution is -2.10. The Kier molecular flexibility index (Phi) is 0.853. The lowest BCUT2D eigenvalue weighted by Gasteiger charge is -2.10. The van der Waals surface area contributed by atoms with Crippen LogP contribution in [0.4, 0.5) is 0 Å². The van der Waals surface area contributed by atoms with Crippen LogP contribution in [0.5, 0.6) is 0 Å². The predicted octanol–water partition coefficient (Wildman–Crippen LogP) is 1.83. The Balaban J connectivity index is 2.33. The second-order valence-corrected chi connectivity index (χ2v) is 3.68. The summed E-state index contributed by atoms with van der Waals surface area (Å²) in [5.41, 5.74) is 0. The van der Waals surface area contributed by atoms with Gasteiger partial charge in [0.05, 0.1) is 6.10 Å². The molecule has 2 aliphatic heterocycles. The fourth-order valence-electron chi connectivity index (χ4n) is 1.22. The maximum absolute atomic E-state index is 5.47. The van der Waals surface area contributed by atoms with Crippen molar-refractivity contribution >= 4 is 15.9 Å². The predicted molar refractivity (Wildman–Crippen MR) is 34.9 cm³/mol. The number of hydrogen-bond acceptors (Lipinski definition) is 1. The number of hydrogen-bond donors (Lipinski definition) is 0. The van der Waals surface area contributed by atoms with Crippen LogP contribution >= 0.6 is 15.9 Å². The van der Waals surface area contributed by atoms with E-state index in [-0.39, 0.29) is 4.51 Å². The van der Waals surface area contributed by atoms with E-state index >= 15 is 0 Å². The molecule has 1 fully saturated rings. The van der Waals surface area contributed by atoms with Crippen LogP contribution in [0.15, 0.2) is 12.2 Å². The Morgan fingerprint density at radius 2 is 2.62 bits per heavy atom. The summed E-state index contributed by atoms with van der Waals surface area (Å²) in [7, 11) is 0. The van der Waals surface area contributed by atoms with Crippen molar-refractivity contribution in [2.45, 2.75) is 23.5 Å². The van der Waals surface area contributed by atoms with E-state index < -0.39 is 0 Å². The van der Waals surface area contributed by atoms with Crippen LogP contribution in [0.3, 0.4) is 0 Å². The first-order chi connectivity index (χ1) is 3.79. The van der Waals surface area contributed by atoms with Crippen molar-refractivity contribution < 1.29 is 4.74 Å². The van der Waals surface area contributed by atoms with Gasteiger partial charge in [-0.2, -0.15) is 0 Å². The minimum atomic E-state index is -0.0579. The highest BCUT2D eigenvalue weighted by Gasteiger charge is 2.39. The fourth-order valence-corrected chi connectivity index (χ4v) is 1.84. The van der Waals surface area contributed by atoms with Crippen molar-refractivity contribution in [3.8, 4) is 0 Å². The van der Waals surface area contributed by atoms with Crippen LogP contribution in [-0.4, -0.2) is 10.6 Å². The lowest BCUT2D eigenvalue weighted by molar-refractivity contribution is 0.102. The molecule has 2 rings (SSSR count). The lowest BCUT2D eigenvalue weighted by atomic mass is 10.1. The maximum atomic E-state index is 5.47. The van der Waals surface area contributed by atoms with Gasteiger partial charge in [-0.15, -0.1) is 0 Å². The van der Waals surface area contributed by atoms with Crippen molar-refractivity contribution in [1.82, 2.24) is 0 Å². The van der Waals surface area contributed by atoms with Crippen molar-refractivity contribution in [2.75, 3.05) is 0 Å². The molecular weight excluding hydrogens is 168 g/mol. The molecule has 2 heteroatoms. The Morgan fingerprint density at radius 3 is 2.75 bits per heavy atom. The van der Waals surface area contributed by atoms with Gasteiger partial charge in [-0.3, -0.25) is 0 Å². The third kappa shape index (κ3) is 0.562. The van der Waals surface area contributed by atoms with E-state index in [2.05, 4.69) is 28.1 Å². The SMILES string of the molecule is Br[C@@]12C=C[C@@H](CC1)O2. The summed E-state index contributed by atoms with van der Waals surface area (Å²) < 4.78 is 5.41. The van der Waals surface area contributed by atoms with E-state index in [1.807, 2.05) is 0 Å². The topological polar surface area (TPSA) is 9.23 Å². The molecule has 0 aromatic heterocycles. The van der Waals surface area contributed by atoms with Gasteiger partial charge in [0.15, 0.2) is 0 Å². The average molecular weight is 175 g/mol. The zero-order valence-electron chi connectivity index (χ0n) is 4.43. The van der Waals surface area contributed by atoms with Gasteiger partial charge >= 0.3 is 0 Å². The first-order valence-corrected chi connectivity index (χ1v) is 3.64. The van der Waals surface area contributed by atoms with E-state index in [1.165, 1.54) is 6.42 Å². The van der Waals surface area contributed by atoms with Gasteiger partial charge < -0.3 is 4.74 Å². The molecule has 44 valence electrons. The van der Waals surface area contributed by atoms with Crippen LogP contribution in [0.25, 0.3) is 0 Å². The standard InChI is InChI=1S/C6H7BrO/c7-6-3-1-5(8-6)2-4-6/h1,3,5H,2,4H2/t5-,6+/m0/s1. The van der Waals surface area contributed by atoms with Crippen LogP contribution in [-0.2, 0) is 4.74 Å². The molecule has 0 saturated carbocycles. The summed E-state index contributed by atoms with van der Waals surface area (Å²) in [6, 6.07) is 0. The summed E-state index contributed by atoms with van der Waals surface area (Å²) in [4.78, 5) is 0. The second kappa shape index (κ2) is 1.36. The number of fused-ring (bicyclic) bond motifs is 2. The zero-order chi connectivity index (χ0) is 5.61. The molecule has 2 bridgehead atoms. The summed E-state index contributed by atoms with van der Waals surface area (Å²) in [6.45, 7) is 0. The molecule has 0 radical (unpaired) electrons. The second-order valence-electron chi connectivity index (χ2n) is 2.34. The molecule has 0 aromatic carbocycles. The van der Waals surface area contributed by atoms with Crippen molar-refractivity contribution in [3.63, 3.8) is 0 Å². The van der Waals surface area contributed by atoms with E-state index in [0.29, 0.717) is 6.10 Å². The van der Waals surface area contributed by atoms with Gasteiger partial charge in [0.2, 0.25) is 0 Å². The molecule has 0 N–H and O–H groups in total. The van der Waals surface area contributed by atoms with Gasteiger partial charge in [-0.05, 0) is 34.8 Å². The third-order valence-corrected chi connectivity index (χ3v) is 2.52. The molecule has 0 aliphatic carbocycles. The minimum absolute atomic E-state index is 0.0579. The van der Waals surface area contributed by atoms with Gasteiger partial charge in [-0.1, -0.05) is 6.08 Å².